The van der Waals surface area contributed by atoms with Crippen LogP contribution >= 0.6 is 0 Å². The van der Waals surface area contributed by atoms with Crippen LogP contribution in [0.15, 0.2) is 0 Å². The fraction of sp³-hybridized carbons (Fsp3) is 1.00. The van der Waals surface area contributed by atoms with E-state index in [9.17, 15) is 0 Å². The molecule has 0 bridgehead atoms. The van der Waals surface area contributed by atoms with Gasteiger partial charge in [-0.2, -0.15) is 0 Å². The maximum atomic E-state index is 5.69. The van der Waals surface area contributed by atoms with Gasteiger partial charge < -0.3 is 10.1 Å². The highest BCUT2D eigenvalue weighted by Crippen LogP contribution is 2.29. The lowest BCUT2D eigenvalue weighted by Gasteiger charge is -2.24. The highest BCUT2D eigenvalue weighted by atomic mass is 16.5. The van der Waals surface area contributed by atoms with E-state index in [-0.39, 0.29) is 5.54 Å². The first-order valence-corrected chi connectivity index (χ1v) is 7.91. The lowest BCUT2D eigenvalue weighted by Crippen LogP contribution is -2.36. The summed E-state index contributed by atoms with van der Waals surface area (Å²) in [5.41, 5.74) is 0.268. The molecular formula is C16H33NO. The maximum absolute atomic E-state index is 5.69. The molecule has 1 N–H and O–H groups in total. The number of hydrogen-bond donors (Lipinski definition) is 1. The van der Waals surface area contributed by atoms with Crippen molar-refractivity contribution in [2.45, 2.75) is 77.7 Å². The Morgan fingerprint density at radius 2 is 1.72 bits per heavy atom. The fourth-order valence-electron chi connectivity index (χ4n) is 2.28. The van der Waals surface area contributed by atoms with E-state index in [4.69, 9.17) is 4.74 Å². The monoisotopic (exact) mass is 255 g/mol. The van der Waals surface area contributed by atoms with Crippen molar-refractivity contribution >= 4 is 0 Å². The standard InChI is InChI=1S/C16H33NO/c1-16(2,3)17-12-6-4-5-7-13-18-14-11-15-9-8-10-15/h15,17H,4-14H2,1-3H3. The molecule has 0 saturated heterocycles. The summed E-state index contributed by atoms with van der Waals surface area (Å²) < 4.78 is 5.69. The highest BCUT2D eigenvalue weighted by molar-refractivity contribution is 4.69. The van der Waals surface area contributed by atoms with Crippen LogP contribution in [-0.4, -0.2) is 25.3 Å². The molecule has 0 aromatic carbocycles. The minimum absolute atomic E-state index is 0.268. The molecule has 1 saturated carbocycles. The number of unbranched alkanes of at least 4 members (excludes halogenated alkanes) is 3. The largest absolute Gasteiger partial charge is 0.381 e. The SMILES string of the molecule is CC(C)(C)NCCCCCCOCCC1CCC1. The summed E-state index contributed by atoms with van der Waals surface area (Å²) in [6.45, 7) is 9.79. The van der Waals surface area contributed by atoms with Crippen molar-refractivity contribution in [2.24, 2.45) is 5.92 Å². The Morgan fingerprint density at radius 1 is 1.00 bits per heavy atom. The number of rotatable bonds is 10. The third-order valence-corrected chi connectivity index (χ3v) is 3.77. The number of hydrogen-bond acceptors (Lipinski definition) is 2. The summed E-state index contributed by atoms with van der Waals surface area (Å²) in [7, 11) is 0. The molecular weight excluding hydrogens is 222 g/mol. The van der Waals surface area contributed by atoms with Crippen LogP contribution in [0.25, 0.3) is 0 Å². The van der Waals surface area contributed by atoms with E-state index >= 15 is 0 Å². The van der Waals surface area contributed by atoms with Gasteiger partial charge in [0.2, 0.25) is 0 Å². The predicted molar refractivity (Wildman–Crippen MR) is 79.0 cm³/mol. The summed E-state index contributed by atoms with van der Waals surface area (Å²) in [5.74, 6) is 0.994. The smallest absolute Gasteiger partial charge is 0.0468 e. The van der Waals surface area contributed by atoms with E-state index in [2.05, 4.69) is 26.1 Å². The van der Waals surface area contributed by atoms with Crippen molar-refractivity contribution < 1.29 is 4.74 Å². The van der Waals surface area contributed by atoms with Crippen LogP contribution < -0.4 is 5.32 Å². The van der Waals surface area contributed by atoms with Crippen LogP contribution in [0.3, 0.4) is 0 Å². The van der Waals surface area contributed by atoms with Gasteiger partial charge >= 0.3 is 0 Å². The Morgan fingerprint density at radius 3 is 2.33 bits per heavy atom. The van der Waals surface area contributed by atoms with Crippen LogP contribution in [-0.2, 0) is 4.74 Å². The van der Waals surface area contributed by atoms with Gasteiger partial charge in [-0.25, -0.2) is 0 Å². The van der Waals surface area contributed by atoms with Gasteiger partial charge in [0.05, 0.1) is 0 Å². The second-order valence-corrected chi connectivity index (χ2v) is 6.79. The lowest BCUT2D eigenvalue weighted by molar-refractivity contribution is 0.103. The van der Waals surface area contributed by atoms with Crippen molar-refractivity contribution in [1.82, 2.24) is 5.32 Å². The highest BCUT2D eigenvalue weighted by Gasteiger charge is 2.16. The molecule has 2 nitrogen and oxygen atoms in total. The van der Waals surface area contributed by atoms with Crippen LogP contribution in [0.4, 0.5) is 0 Å². The van der Waals surface area contributed by atoms with Crippen LogP contribution in [0, 0.1) is 5.92 Å². The Labute approximate surface area is 114 Å². The Bertz CT molecular complexity index is 194. The maximum Gasteiger partial charge on any atom is 0.0468 e. The molecule has 1 rings (SSSR count). The van der Waals surface area contributed by atoms with Gasteiger partial charge in [0, 0.05) is 18.8 Å². The molecule has 0 unspecified atom stereocenters. The molecule has 18 heavy (non-hydrogen) atoms. The van der Waals surface area contributed by atoms with E-state index in [1.165, 1.54) is 51.4 Å². The first-order chi connectivity index (χ1) is 8.58. The molecule has 0 atom stereocenters. The zero-order chi connectivity index (χ0) is 13.3. The van der Waals surface area contributed by atoms with Gasteiger partial charge in [-0.15, -0.1) is 0 Å². The van der Waals surface area contributed by atoms with Gasteiger partial charge in [0.25, 0.3) is 0 Å². The molecule has 1 aliphatic carbocycles. The zero-order valence-corrected chi connectivity index (χ0v) is 12.8. The van der Waals surface area contributed by atoms with E-state index in [1.807, 2.05) is 0 Å². The third-order valence-electron chi connectivity index (χ3n) is 3.77. The first kappa shape index (κ1) is 16.0. The fourth-order valence-corrected chi connectivity index (χ4v) is 2.28. The minimum atomic E-state index is 0.268. The second kappa shape index (κ2) is 8.92. The van der Waals surface area contributed by atoms with E-state index in [1.54, 1.807) is 0 Å². The number of ether oxygens (including phenoxy) is 1. The topological polar surface area (TPSA) is 21.3 Å². The molecule has 0 radical (unpaired) electrons. The molecule has 0 spiro atoms. The summed E-state index contributed by atoms with van der Waals surface area (Å²) in [6.07, 6.45) is 10.8. The molecule has 0 aromatic heterocycles. The summed E-state index contributed by atoms with van der Waals surface area (Å²) >= 11 is 0. The molecule has 0 amide bonds. The van der Waals surface area contributed by atoms with E-state index < -0.39 is 0 Å². The van der Waals surface area contributed by atoms with Crippen molar-refractivity contribution in [3.05, 3.63) is 0 Å². The number of nitrogens with one attached hydrogen (secondary N) is 1. The lowest BCUT2D eigenvalue weighted by atomic mass is 9.83. The normalized spacial score (nSPS) is 16.8. The molecule has 0 aromatic rings. The van der Waals surface area contributed by atoms with Crippen LogP contribution in [0.5, 0.6) is 0 Å². The molecule has 0 heterocycles. The predicted octanol–water partition coefficient (Wildman–Crippen LogP) is 4.14. The summed E-state index contributed by atoms with van der Waals surface area (Å²) in [5, 5.41) is 3.53. The van der Waals surface area contributed by atoms with Crippen molar-refractivity contribution in [3.63, 3.8) is 0 Å². The Hall–Kier alpha value is -0.0800. The molecule has 0 aliphatic heterocycles. The van der Waals surface area contributed by atoms with E-state index in [0.29, 0.717) is 0 Å². The van der Waals surface area contributed by atoms with Crippen LogP contribution in [0.2, 0.25) is 0 Å². The second-order valence-electron chi connectivity index (χ2n) is 6.79. The van der Waals surface area contributed by atoms with Crippen molar-refractivity contribution in [3.8, 4) is 0 Å². The van der Waals surface area contributed by atoms with Crippen molar-refractivity contribution in [1.29, 1.82) is 0 Å². The first-order valence-electron chi connectivity index (χ1n) is 7.91. The molecule has 108 valence electrons. The molecule has 1 aliphatic rings. The minimum Gasteiger partial charge on any atom is -0.381 e. The summed E-state index contributed by atoms with van der Waals surface area (Å²) in [4.78, 5) is 0. The van der Waals surface area contributed by atoms with Gasteiger partial charge in [-0.1, -0.05) is 32.1 Å². The van der Waals surface area contributed by atoms with E-state index in [0.717, 1.165) is 25.7 Å². The zero-order valence-electron chi connectivity index (χ0n) is 12.8. The van der Waals surface area contributed by atoms with Gasteiger partial charge in [-0.3, -0.25) is 0 Å². The average Bonchev–Trinajstić information content (AvgIpc) is 2.22. The summed E-state index contributed by atoms with van der Waals surface area (Å²) in [6, 6.07) is 0. The molecule has 1 fully saturated rings. The average molecular weight is 255 g/mol. The van der Waals surface area contributed by atoms with Gasteiger partial charge in [-0.05, 0) is 52.5 Å². The van der Waals surface area contributed by atoms with Crippen molar-refractivity contribution in [2.75, 3.05) is 19.8 Å². The molecule has 2 heteroatoms. The Balaban J connectivity index is 1.70. The van der Waals surface area contributed by atoms with Gasteiger partial charge in [0.1, 0.15) is 0 Å². The quantitative estimate of drug-likeness (QED) is 0.592. The van der Waals surface area contributed by atoms with Crippen LogP contribution in [0.1, 0.15) is 72.1 Å². The third kappa shape index (κ3) is 8.93. The van der Waals surface area contributed by atoms with Gasteiger partial charge in [0.15, 0.2) is 0 Å². The Kier molecular flexibility index (Phi) is 7.92.